The first kappa shape index (κ1) is 13.9. The number of rotatable bonds is 2. The number of nitrogens with one attached hydrogen (secondary N) is 3. The average Bonchev–Trinajstić information content (AvgIpc) is 2.96. The summed E-state index contributed by atoms with van der Waals surface area (Å²) in [5.74, 6) is -0.0959. The second kappa shape index (κ2) is 5.61. The molecule has 0 saturated carbocycles. The molecule has 1 saturated heterocycles. The van der Waals surface area contributed by atoms with Crippen molar-refractivity contribution in [3.63, 3.8) is 0 Å². The Morgan fingerprint density at radius 2 is 2.21 bits per heavy atom. The van der Waals surface area contributed by atoms with Gasteiger partial charge in [0.2, 0.25) is 5.91 Å². The highest BCUT2D eigenvalue weighted by Crippen LogP contribution is 2.18. The summed E-state index contributed by atoms with van der Waals surface area (Å²) in [6, 6.07) is 7.38. The van der Waals surface area contributed by atoms with Crippen LogP contribution in [0.5, 0.6) is 0 Å². The summed E-state index contributed by atoms with van der Waals surface area (Å²) < 4.78 is 0. The number of aliphatic hydroxyl groups is 1. The number of β-amino-alcohol motifs (C(OH)–C–C–N with tert-alkyl or cyclic N) is 1. The highest BCUT2D eigenvalue weighted by Gasteiger charge is 2.27. The molecule has 1 aromatic heterocycles. The van der Waals surface area contributed by atoms with Crippen molar-refractivity contribution in [1.82, 2.24) is 10.3 Å². The van der Waals surface area contributed by atoms with Crippen molar-refractivity contribution in [3.05, 3.63) is 30.5 Å². The quantitative estimate of drug-likeness (QED) is 0.669. The fourth-order valence-corrected chi connectivity index (χ4v) is 2.28. The lowest BCUT2D eigenvalue weighted by Crippen LogP contribution is -2.35. The number of aromatic nitrogens is 1. The topological polar surface area (TPSA) is 77.2 Å². The molecule has 0 spiro atoms. The summed E-state index contributed by atoms with van der Waals surface area (Å²) in [4.78, 5) is 15.0. The van der Waals surface area contributed by atoms with E-state index in [4.69, 9.17) is 0 Å². The third-order valence-electron chi connectivity index (χ3n) is 3.24. The van der Waals surface area contributed by atoms with Crippen LogP contribution < -0.4 is 10.6 Å². The minimum absolute atomic E-state index is 0. The van der Waals surface area contributed by atoms with Crippen molar-refractivity contribution in [2.75, 3.05) is 11.9 Å². The molecule has 2 heterocycles. The third-order valence-corrected chi connectivity index (χ3v) is 3.24. The van der Waals surface area contributed by atoms with E-state index in [-0.39, 0.29) is 24.4 Å². The van der Waals surface area contributed by atoms with Crippen LogP contribution in [0.25, 0.3) is 10.9 Å². The van der Waals surface area contributed by atoms with Gasteiger partial charge in [-0.3, -0.25) is 4.79 Å². The number of carbonyl (C=O) groups excluding carboxylic acids is 1. The molecule has 102 valence electrons. The first-order chi connectivity index (χ1) is 8.72. The molecule has 6 heteroatoms. The van der Waals surface area contributed by atoms with E-state index in [0.29, 0.717) is 13.0 Å². The first-order valence-electron chi connectivity index (χ1n) is 6.02. The molecule has 3 rings (SSSR count). The van der Waals surface area contributed by atoms with E-state index < -0.39 is 6.10 Å². The zero-order valence-electron chi connectivity index (χ0n) is 10.2. The van der Waals surface area contributed by atoms with Crippen LogP contribution in [0.1, 0.15) is 6.42 Å². The maximum Gasteiger partial charge on any atom is 0.241 e. The van der Waals surface area contributed by atoms with Crippen LogP contribution in [0.4, 0.5) is 5.69 Å². The Morgan fingerprint density at radius 1 is 1.37 bits per heavy atom. The largest absolute Gasteiger partial charge is 0.392 e. The van der Waals surface area contributed by atoms with Gasteiger partial charge in [0.05, 0.1) is 12.1 Å². The van der Waals surface area contributed by atoms with Crippen molar-refractivity contribution in [3.8, 4) is 0 Å². The minimum atomic E-state index is -0.423. The van der Waals surface area contributed by atoms with Gasteiger partial charge in [-0.2, -0.15) is 0 Å². The van der Waals surface area contributed by atoms with Crippen LogP contribution in [0.3, 0.4) is 0 Å². The van der Waals surface area contributed by atoms with E-state index >= 15 is 0 Å². The SMILES string of the molecule is Cl.O=C(Nc1ccc2[nH]ccc2c1)C1CC(O)CN1. The predicted molar refractivity (Wildman–Crippen MR) is 76.6 cm³/mol. The van der Waals surface area contributed by atoms with Gasteiger partial charge in [-0.25, -0.2) is 0 Å². The van der Waals surface area contributed by atoms with Crippen LogP contribution in [0.2, 0.25) is 0 Å². The van der Waals surface area contributed by atoms with E-state index in [0.717, 1.165) is 16.6 Å². The molecular weight excluding hydrogens is 266 g/mol. The lowest BCUT2D eigenvalue weighted by atomic mass is 10.2. The number of benzene rings is 1. The molecule has 2 aromatic rings. The highest BCUT2D eigenvalue weighted by atomic mass is 35.5. The van der Waals surface area contributed by atoms with Gasteiger partial charge in [0.1, 0.15) is 0 Å². The van der Waals surface area contributed by atoms with Gasteiger partial charge in [0.25, 0.3) is 0 Å². The smallest absolute Gasteiger partial charge is 0.241 e. The number of anilines is 1. The number of fused-ring (bicyclic) bond motifs is 1. The Labute approximate surface area is 116 Å². The second-order valence-corrected chi connectivity index (χ2v) is 4.62. The molecule has 4 N–H and O–H groups in total. The van der Waals surface area contributed by atoms with Crippen LogP contribution >= 0.6 is 12.4 Å². The van der Waals surface area contributed by atoms with Crippen LogP contribution in [-0.2, 0) is 4.79 Å². The fourth-order valence-electron chi connectivity index (χ4n) is 2.28. The standard InChI is InChI=1S/C13H15N3O2.ClH/c17-10-6-12(15-7-10)13(18)16-9-1-2-11-8(5-9)3-4-14-11;/h1-5,10,12,14-15,17H,6-7H2,(H,16,18);1H. The number of halogens is 1. The molecule has 0 bridgehead atoms. The van der Waals surface area contributed by atoms with E-state index in [2.05, 4.69) is 15.6 Å². The lowest BCUT2D eigenvalue weighted by molar-refractivity contribution is -0.117. The van der Waals surface area contributed by atoms with Gasteiger partial charge in [-0.05, 0) is 30.7 Å². The molecule has 0 aliphatic carbocycles. The molecule has 1 aliphatic rings. The maximum atomic E-state index is 11.9. The Morgan fingerprint density at radius 3 is 2.95 bits per heavy atom. The Hall–Kier alpha value is -1.56. The lowest BCUT2D eigenvalue weighted by Gasteiger charge is -2.11. The highest BCUT2D eigenvalue weighted by molar-refractivity contribution is 5.97. The number of aromatic amines is 1. The molecule has 2 unspecified atom stereocenters. The molecule has 0 radical (unpaired) electrons. The van der Waals surface area contributed by atoms with Gasteiger partial charge in [0, 0.05) is 29.3 Å². The second-order valence-electron chi connectivity index (χ2n) is 4.62. The monoisotopic (exact) mass is 281 g/mol. The van der Waals surface area contributed by atoms with E-state index in [9.17, 15) is 9.90 Å². The molecular formula is C13H16ClN3O2. The van der Waals surface area contributed by atoms with Crippen molar-refractivity contribution >= 4 is 34.9 Å². The van der Waals surface area contributed by atoms with Crippen molar-refractivity contribution in [1.29, 1.82) is 0 Å². The Bertz CT molecular complexity index is 584. The number of H-pyrrole nitrogens is 1. The molecule has 2 atom stereocenters. The zero-order chi connectivity index (χ0) is 12.5. The summed E-state index contributed by atoms with van der Waals surface area (Å²) in [6.07, 6.45) is 1.91. The number of hydrogen-bond acceptors (Lipinski definition) is 3. The maximum absolute atomic E-state index is 11.9. The van der Waals surface area contributed by atoms with Gasteiger partial charge < -0.3 is 20.7 Å². The van der Waals surface area contributed by atoms with Gasteiger partial charge in [0.15, 0.2) is 0 Å². The van der Waals surface area contributed by atoms with Crippen LogP contribution in [-0.4, -0.2) is 34.7 Å². The minimum Gasteiger partial charge on any atom is -0.392 e. The summed E-state index contributed by atoms with van der Waals surface area (Å²) >= 11 is 0. The summed E-state index contributed by atoms with van der Waals surface area (Å²) in [5.41, 5.74) is 1.82. The van der Waals surface area contributed by atoms with Crippen molar-refractivity contribution in [2.24, 2.45) is 0 Å². The van der Waals surface area contributed by atoms with Gasteiger partial charge >= 0.3 is 0 Å². The number of carbonyl (C=O) groups is 1. The predicted octanol–water partition coefficient (Wildman–Crippen LogP) is 1.25. The number of hydrogen-bond donors (Lipinski definition) is 4. The van der Waals surface area contributed by atoms with Crippen LogP contribution in [0.15, 0.2) is 30.5 Å². The van der Waals surface area contributed by atoms with E-state index in [1.54, 1.807) is 0 Å². The van der Waals surface area contributed by atoms with Gasteiger partial charge in [-0.15, -0.1) is 12.4 Å². The third kappa shape index (κ3) is 2.89. The molecule has 1 aromatic carbocycles. The molecule has 1 amide bonds. The van der Waals surface area contributed by atoms with Crippen LogP contribution in [0, 0.1) is 0 Å². The fraction of sp³-hybridized carbons (Fsp3) is 0.308. The van der Waals surface area contributed by atoms with Crippen molar-refractivity contribution in [2.45, 2.75) is 18.6 Å². The van der Waals surface area contributed by atoms with Gasteiger partial charge in [-0.1, -0.05) is 0 Å². The normalized spacial score (nSPS) is 22.2. The summed E-state index contributed by atoms with van der Waals surface area (Å²) in [6.45, 7) is 0.481. The first-order valence-corrected chi connectivity index (χ1v) is 6.02. The average molecular weight is 282 g/mol. The molecule has 1 aliphatic heterocycles. The number of amides is 1. The Kier molecular flexibility index (Phi) is 4.09. The summed E-state index contributed by atoms with van der Waals surface area (Å²) in [7, 11) is 0. The zero-order valence-corrected chi connectivity index (χ0v) is 11.0. The Balaban J connectivity index is 0.00000133. The molecule has 5 nitrogen and oxygen atoms in total. The molecule has 19 heavy (non-hydrogen) atoms. The molecule has 1 fully saturated rings. The summed E-state index contributed by atoms with van der Waals surface area (Å²) in [5, 5.41) is 16.3. The number of aliphatic hydroxyl groups excluding tert-OH is 1. The van der Waals surface area contributed by atoms with E-state index in [1.807, 2.05) is 30.5 Å². The van der Waals surface area contributed by atoms with E-state index in [1.165, 1.54) is 0 Å². The van der Waals surface area contributed by atoms with Crippen molar-refractivity contribution < 1.29 is 9.90 Å².